The van der Waals surface area contributed by atoms with Crippen LogP contribution in [0, 0.1) is 0 Å². The zero-order valence-corrected chi connectivity index (χ0v) is 14.5. The van der Waals surface area contributed by atoms with Crippen LogP contribution in [0.5, 0.6) is 5.75 Å². The SMILES string of the molecule is CC[C@H](Oc1ccc2ccccc2c1)C(=O)NC1CCN(C)CC1. The maximum Gasteiger partial charge on any atom is 0.261 e. The molecule has 2 aromatic rings. The number of fused-ring (bicyclic) bond motifs is 1. The van der Waals surface area contributed by atoms with Crippen LogP contribution in [0.3, 0.4) is 0 Å². The van der Waals surface area contributed by atoms with E-state index in [1.807, 2.05) is 37.3 Å². The van der Waals surface area contributed by atoms with Gasteiger partial charge in [-0.15, -0.1) is 0 Å². The summed E-state index contributed by atoms with van der Waals surface area (Å²) in [6.07, 6.45) is 2.24. The molecule has 0 bridgehead atoms. The van der Waals surface area contributed by atoms with Gasteiger partial charge in [-0.1, -0.05) is 37.3 Å². The normalized spacial score (nSPS) is 17.6. The highest BCUT2D eigenvalue weighted by Gasteiger charge is 2.24. The second kappa shape index (κ2) is 7.67. The first-order valence-electron chi connectivity index (χ1n) is 8.80. The first-order valence-corrected chi connectivity index (χ1v) is 8.80. The number of hydrogen-bond acceptors (Lipinski definition) is 3. The maximum atomic E-state index is 12.5. The van der Waals surface area contributed by atoms with E-state index in [9.17, 15) is 4.79 Å². The Morgan fingerprint density at radius 1 is 1.21 bits per heavy atom. The third kappa shape index (κ3) is 4.06. The van der Waals surface area contributed by atoms with Gasteiger partial charge in [-0.2, -0.15) is 0 Å². The number of likely N-dealkylation sites (tertiary alicyclic amines) is 1. The Bertz CT molecular complexity index is 693. The summed E-state index contributed by atoms with van der Waals surface area (Å²) in [5.74, 6) is 0.749. The molecule has 4 nitrogen and oxygen atoms in total. The number of ether oxygens (including phenoxy) is 1. The number of nitrogens with one attached hydrogen (secondary N) is 1. The molecular weight excluding hydrogens is 300 g/mol. The molecule has 0 spiro atoms. The summed E-state index contributed by atoms with van der Waals surface area (Å²) >= 11 is 0. The fraction of sp³-hybridized carbons (Fsp3) is 0.450. The molecule has 1 aliphatic rings. The van der Waals surface area contributed by atoms with Gasteiger partial charge >= 0.3 is 0 Å². The van der Waals surface area contributed by atoms with Crippen LogP contribution in [-0.2, 0) is 4.79 Å². The minimum absolute atomic E-state index is 0.000196. The van der Waals surface area contributed by atoms with Crippen molar-refractivity contribution in [3.63, 3.8) is 0 Å². The van der Waals surface area contributed by atoms with Gasteiger partial charge in [-0.05, 0) is 62.3 Å². The molecule has 3 rings (SSSR count). The molecule has 0 aliphatic carbocycles. The van der Waals surface area contributed by atoms with Crippen molar-refractivity contribution in [2.75, 3.05) is 20.1 Å². The molecule has 0 aromatic heterocycles. The van der Waals surface area contributed by atoms with Gasteiger partial charge in [0.2, 0.25) is 0 Å². The van der Waals surface area contributed by atoms with Crippen LogP contribution in [0.25, 0.3) is 10.8 Å². The third-order valence-corrected chi connectivity index (χ3v) is 4.73. The lowest BCUT2D eigenvalue weighted by atomic mass is 10.1. The molecular formula is C20H26N2O2. The van der Waals surface area contributed by atoms with Crippen molar-refractivity contribution in [3.05, 3.63) is 42.5 Å². The van der Waals surface area contributed by atoms with Crippen molar-refractivity contribution >= 4 is 16.7 Å². The second-order valence-corrected chi connectivity index (χ2v) is 6.61. The number of rotatable bonds is 5. The second-order valence-electron chi connectivity index (χ2n) is 6.61. The number of benzene rings is 2. The number of hydrogen-bond donors (Lipinski definition) is 1. The minimum Gasteiger partial charge on any atom is -0.481 e. The van der Waals surface area contributed by atoms with Crippen molar-refractivity contribution in [2.24, 2.45) is 0 Å². The average Bonchev–Trinajstić information content (AvgIpc) is 2.61. The Balaban J connectivity index is 1.63. The van der Waals surface area contributed by atoms with Crippen LogP contribution < -0.4 is 10.1 Å². The first kappa shape index (κ1) is 16.8. The van der Waals surface area contributed by atoms with E-state index in [4.69, 9.17) is 4.74 Å². The van der Waals surface area contributed by atoms with Crippen molar-refractivity contribution in [3.8, 4) is 5.75 Å². The summed E-state index contributed by atoms with van der Waals surface area (Å²) < 4.78 is 5.97. The molecule has 2 aromatic carbocycles. The van der Waals surface area contributed by atoms with Crippen molar-refractivity contribution < 1.29 is 9.53 Å². The van der Waals surface area contributed by atoms with E-state index in [1.165, 1.54) is 5.39 Å². The average molecular weight is 326 g/mol. The third-order valence-electron chi connectivity index (χ3n) is 4.73. The van der Waals surface area contributed by atoms with E-state index < -0.39 is 6.10 Å². The fourth-order valence-corrected chi connectivity index (χ4v) is 3.17. The van der Waals surface area contributed by atoms with Crippen LogP contribution in [0.2, 0.25) is 0 Å². The number of piperidine rings is 1. The van der Waals surface area contributed by atoms with Gasteiger partial charge < -0.3 is 15.0 Å². The highest BCUT2D eigenvalue weighted by atomic mass is 16.5. The van der Waals surface area contributed by atoms with Crippen LogP contribution >= 0.6 is 0 Å². The molecule has 4 heteroatoms. The van der Waals surface area contributed by atoms with Gasteiger partial charge in [-0.3, -0.25) is 4.79 Å². The number of amides is 1. The van der Waals surface area contributed by atoms with Crippen LogP contribution in [0.1, 0.15) is 26.2 Å². The molecule has 1 atom stereocenters. The maximum absolute atomic E-state index is 12.5. The Morgan fingerprint density at radius 3 is 2.62 bits per heavy atom. The molecule has 1 aliphatic heterocycles. The number of carbonyl (C=O) groups is 1. The van der Waals surface area contributed by atoms with Gasteiger partial charge in [0.15, 0.2) is 6.10 Å². The smallest absolute Gasteiger partial charge is 0.261 e. The summed E-state index contributed by atoms with van der Waals surface area (Å²) in [5, 5.41) is 5.46. The zero-order chi connectivity index (χ0) is 16.9. The standard InChI is InChI=1S/C20H26N2O2/c1-3-19(20(23)21-17-10-12-22(2)13-11-17)24-18-9-8-15-6-4-5-7-16(15)14-18/h4-9,14,17,19H,3,10-13H2,1-2H3,(H,21,23)/t19-/m0/s1. The van der Waals surface area contributed by atoms with Gasteiger partial charge in [0.05, 0.1) is 0 Å². The van der Waals surface area contributed by atoms with Gasteiger partial charge in [0.1, 0.15) is 5.75 Å². The molecule has 1 heterocycles. The van der Waals surface area contributed by atoms with Gasteiger partial charge in [0.25, 0.3) is 5.91 Å². The van der Waals surface area contributed by atoms with Gasteiger partial charge in [0, 0.05) is 6.04 Å². The summed E-state index contributed by atoms with van der Waals surface area (Å²) in [6.45, 7) is 4.06. The quantitative estimate of drug-likeness (QED) is 0.917. The summed E-state index contributed by atoms with van der Waals surface area (Å²) in [4.78, 5) is 14.8. The van der Waals surface area contributed by atoms with Crippen molar-refractivity contribution in [2.45, 2.75) is 38.3 Å². The van der Waals surface area contributed by atoms with Crippen LogP contribution in [-0.4, -0.2) is 43.1 Å². The summed E-state index contributed by atoms with van der Waals surface area (Å²) in [5.41, 5.74) is 0. The van der Waals surface area contributed by atoms with E-state index in [1.54, 1.807) is 0 Å². The summed E-state index contributed by atoms with van der Waals surface area (Å²) in [7, 11) is 2.12. The largest absolute Gasteiger partial charge is 0.481 e. The predicted octanol–water partition coefficient (Wildman–Crippen LogP) is 3.21. The fourth-order valence-electron chi connectivity index (χ4n) is 3.17. The zero-order valence-electron chi connectivity index (χ0n) is 14.5. The monoisotopic (exact) mass is 326 g/mol. The van der Waals surface area contributed by atoms with Gasteiger partial charge in [-0.25, -0.2) is 0 Å². The van der Waals surface area contributed by atoms with E-state index in [2.05, 4.69) is 29.4 Å². The van der Waals surface area contributed by atoms with E-state index >= 15 is 0 Å². The minimum atomic E-state index is -0.439. The highest BCUT2D eigenvalue weighted by Crippen LogP contribution is 2.22. The lowest BCUT2D eigenvalue weighted by Gasteiger charge is -2.30. The lowest BCUT2D eigenvalue weighted by Crippen LogP contribution is -2.47. The van der Waals surface area contributed by atoms with Crippen LogP contribution in [0.4, 0.5) is 0 Å². The molecule has 1 fully saturated rings. The van der Waals surface area contributed by atoms with Crippen molar-refractivity contribution in [1.82, 2.24) is 10.2 Å². The Morgan fingerprint density at radius 2 is 1.92 bits per heavy atom. The molecule has 0 saturated carbocycles. The molecule has 1 saturated heterocycles. The van der Waals surface area contributed by atoms with E-state index in [0.29, 0.717) is 6.42 Å². The Kier molecular flexibility index (Phi) is 5.36. The number of carbonyl (C=O) groups excluding carboxylic acids is 1. The van der Waals surface area contributed by atoms with E-state index in [-0.39, 0.29) is 11.9 Å². The first-order chi connectivity index (χ1) is 11.7. The molecule has 0 radical (unpaired) electrons. The van der Waals surface area contributed by atoms with E-state index in [0.717, 1.165) is 37.1 Å². The molecule has 1 amide bonds. The molecule has 1 N–H and O–H groups in total. The predicted molar refractivity (Wildman–Crippen MR) is 97.3 cm³/mol. The Labute approximate surface area is 143 Å². The van der Waals surface area contributed by atoms with Crippen LogP contribution in [0.15, 0.2) is 42.5 Å². The summed E-state index contributed by atoms with van der Waals surface area (Å²) in [6, 6.07) is 14.4. The molecule has 24 heavy (non-hydrogen) atoms. The topological polar surface area (TPSA) is 41.6 Å². The molecule has 128 valence electrons. The number of nitrogens with zero attached hydrogens (tertiary/aromatic N) is 1. The highest BCUT2D eigenvalue weighted by molar-refractivity contribution is 5.84. The van der Waals surface area contributed by atoms with Crippen molar-refractivity contribution in [1.29, 1.82) is 0 Å². The lowest BCUT2D eigenvalue weighted by molar-refractivity contribution is -0.129. The Hall–Kier alpha value is -2.07. The molecule has 0 unspecified atom stereocenters.